The van der Waals surface area contributed by atoms with Crippen LogP contribution < -0.4 is 0 Å². The Bertz CT molecular complexity index is 907. The molecule has 0 spiro atoms. The van der Waals surface area contributed by atoms with E-state index in [1.54, 1.807) is 0 Å². The average Bonchev–Trinajstić information content (AvgIpc) is 3.03. The monoisotopic (exact) mass is 510 g/mol. The quantitative estimate of drug-likeness (QED) is 0.144. The number of rotatable bonds is 9. The number of ether oxygens (including phenoxy) is 3. The van der Waals surface area contributed by atoms with E-state index in [4.69, 9.17) is 14.2 Å². The fourth-order valence-corrected chi connectivity index (χ4v) is 4.78. The zero-order valence-corrected chi connectivity index (χ0v) is 19.4. The predicted molar refractivity (Wildman–Crippen MR) is 107 cm³/mol. The van der Waals surface area contributed by atoms with Crippen LogP contribution in [0.3, 0.4) is 0 Å². The lowest BCUT2D eigenvalue weighted by atomic mass is 9.57. The molecule has 0 aliphatic carbocycles. The van der Waals surface area contributed by atoms with Crippen molar-refractivity contribution in [1.29, 1.82) is 0 Å². The van der Waals surface area contributed by atoms with Crippen LogP contribution in [0, 0.1) is 0 Å². The Morgan fingerprint density at radius 1 is 0.771 bits per heavy atom. The van der Waals surface area contributed by atoms with Crippen molar-refractivity contribution < 1.29 is 74.2 Å². The van der Waals surface area contributed by atoms with Crippen LogP contribution in [0.5, 0.6) is 0 Å². The third kappa shape index (κ3) is 3.47. The van der Waals surface area contributed by atoms with E-state index in [9.17, 15) is 60.0 Å². The molecule has 2 rings (SSSR count). The second-order valence-electron chi connectivity index (χ2n) is 8.66. The first-order valence-electron chi connectivity index (χ1n) is 10.4. The molecule has 8 N–H and O–H groups in total. The molecule has 0 saturated carbocycles. The zero-order valence-electron chi connectivity index (χ0n) is 19.4. The molecule has 0 aromatic rings. The number of carbonyl (C=O) groups excluding carboxylic acids is 4. The lowest BCUT2D eigenvalue weighted by molar-refractivity contribution is -0.447. The van der Waals surface area contributed by atoms with E-state index in [0.29, 0.717) is 27.7 Å². The summed E-state index contributed by atoms with van der Waals surface area (Å²) in [5.41, 5.74) is -11.4. The molecular formula is C20H30O15. The summed E-state index contributed by atoms with van der Waals surface area (Å²) in [5, 5.41) is 84.2. The molecule has 0 amide bonds. The van der Waals surface area contributed by atoms with Crippen LogP contribution in [0.25, 0.3) is 0 Å². The summed E-state index contributed by atoms with van der Waals surface area (Å²) in [4.78, 5) is 51.1. The van der Waals surface area contributed by atoms with Gasteiger partial charge >= 0.3 is 0 Å². The van der Waals surface area contributed by atoms with Crippen molar-refractivity contribution in [1.82, 2.24) is 0 Å². The van der Waals surface area contributed by atoms with Crippen LogP contribution in [0.15, 0.2) is 0 Å². The van der Waals surface area contributed by atoms with E-state index in [0.717, 1.165) is 0 Å². The van der Waals surface area contributed by atoms with E-state index in [1.807, 2.05) is 0 Å². The highest BCUT2D eigenvalue weighted by atomic mass is 16.8. The maximum absolute atomic E-state index is 13.0. The van der Waals surface area contributed by atoms with Gasteiger partial charge in [-0.15, -0.1) is 0 Å². The van der Waals surface area contributed by atoms with E-state index in [2.05, 4.69) is 0 Å². The summed E-state index contributed by atoms with van der Waals surface area (Å²) in [5.74, 6) is -12.9. The maximum Gasteiger partial charge on any atom is 0.272 e. The van der Waals surface area contributed by atoms with E-state index >= 15 is 0 Å². The number of Topliss-reactive ketones (excluding diaryl/α,β-unsaturated/α-hetero) is 4. The lowest BCUT2D eigenvalue weighted by Crippen LogP contribution is -2.91. The number of aliphatic hydroxyl groups is 8. The minimum absolute atomic E-state index is 0.543. The molecule has 200 valence electrons. The minimum Gasteiger partial charge on any atom is -0.394 e. The Morgan fingerprint density at radius 2 is 1.29 bits per heavy atom. The molecule has 2 saturated heterocycles. The third-order valence-corrected chi connectivity index (χ3v) is 6.73. The lowest BCUT2D eigenvalue weighted by Gasteiger charge is -2.61. The van der Waals surface area contributed by atoms with E-state index in [1.165, 1.54) is 0 Å². The highest BCUT2D eigenvalue weighted by Gasteiger charge is 2.85. The van der Waals surface area contributed by atoms with E-state index < -0.39 is 95.7 Å². The van der Waals surface area contributed by atoms with Crippen LogP contribution in [-0.4, -0.2) is 137 Å². The maximum atomic E-state index is 13.0. The standard InChI is InChI=1S/C20H30O15/c1-8(24)17(30)13(6-22)34-20(11(4)27,19(32,10(3)26)18(17,31)9(2)25)35-16(7-23)15(29)14(28)12(5-21)33-16/h12-15,21-23,28-32H,5-7H2,1-4H3/t12-,13-,14-,15+,16?,17-,18+,19-,20+/m1/s1. The first-order chi connectivity index (χ1) is 15.9. The average molecular weight is 510 g/mol. The molecule has 1 unspecified atom stereocenters. The smallest absolute Gasteiger partial charge is 0.272 e. The van der Waals surface area contributed by atoms with Gasteiger partial charge in [-0.25, -0.2) is 0 Å². The van der Waals surface area contributed by atoms with Crippen LogP contribution >= 0.6 is 0 Å². The Balaban J connectivity index is 2.99. The Morgan fingerprint density at radius 3 is 1.60 bits per heavy atom. The van der Waals surface area contributed by atoms with Crippen molar-refractivity contribution in [3.63, 3.8) is 0 Å². The molecule has 0 radical (unpaired) electrons. The number of carbonyl (C=O) groups is 4. The molecule has 2 aliphatic rings. The third-order valence-electron chi connectivity index (χ3n) is 6.73. The van der Waals surface area contributed by atoms with Gasteiger partial charge in [-0.3, -0.25) is 19.2 Å². The first kappa shape index (κ1) is 29.5. The van der Waals surface area contributed by atoms with Crippen LogP contribution in [0.4, 0.5) is 0 Å². The highest BCUT2D eigenvalue weighted by Crippen LogP contribution is 2.54. The summed E-state index contributed by atoms with van der Waals surface area (Å²) in [6.45, 7) is -1.41. The van der Waals surface area contributed by atoms with Crippen LogP contribution in [-0.2, 0) is 33.4 Å². The molecule has 35 heavy (non-hydrogen) atoms. The number of ketones is 4. The first-order valence-corrected chi connectivity index (χ1v) is 10.4. The predicted octanol–water partition coefficient (Wildman–Crippen LogP) is -5.56. The van der Waals surface area contributed by atoms with Gasteiger partial charge in [0.2, 0.25) is 17.0 Å². The van der Waals surface area contributed by atoms with Crippen molar-refractivity contribution in [2.75, 3.05) is 19.8 Å². The number of hydrogen-bond acceptors (Lipinski definition) is 15. The molecule has 2 heterocycles. The van der Waals surface area contributed by atoms with E-state index in [-0.39, 0.29) is 0 Å². The van der Waals surface area contributed by atoms with Crippen molar-refractivity contribution in [3.05, 3.63) is 0 Å². The van der Waals surface area contributed by atoms with Gasteiger partial charge in [0.15, 0.2) is 28.7 Å². The van der Waals surface area contributed by atoms with Crippen molar-refractivity contribution >= 4 is 23.1 Å². The largest absolute Gasteiger partial charge is 0.394 e. The van der Waals surface area contributed by atoms with Crippen molar-refractivity contribution in [2.24, 2.45) is 0 Å². The van der Waals surface area contributed by atoms with Gasteiger partial charge < -0.3 is 55.1 Å². The Hall–Kier alpha value is -1.76. The molecule has 15 heteroatoms. The van der Waals surface area contributed by atoms with Gasteiger partial charge in [-0.1, -0.05) is 0 Å². The van der Waals surface area contributed by atoms with Gasteiger partial charge in [-0.2, -0.15) is 0 Å². The molecule has 0 bridgehead atoms. The fourth-order valence-electron chi connectivity index (χ4n) is 4.78. The summed E-state index contributed by atoms with van der Waals surface area (Å²) in [7, 11) is 0. The second kappa shape index (κ2) is 9.28. The van der Waals surface area contributed by atoms with Crippen molar-refractivity contribution in [2.45, 2.75) is 80.5 Å². The van der Waals surface area contributed by atoms with Crippen LogP contribution in [0.2, 0.25) is 0 Å². The van der Waals surface area contributed by atoms with Gasteiger partial charge in [0.1, 0.15) is 31.0 Å². The second-order valence-corrected chi connectivity index (χ2v) is 8.66. The molecular weight excluding hydrogens is 480 g/mol. The molecule has 0 aromatic heterocycles. The summed E-state index contributed by atoms with van der Waals surface area (Å²) in [6.07, 6.45) is -8.29. The minimum atomic E-state index is -3.97. The Labute approximate surface area is 198 Å². The van der Waals surface area contributed by atoms with Gasteiger partial charge in [0, 0.05) is 6.92 Å². The summed E-state index contributed by atoms with van der Waals surface area (Å²) >= 11 is 0. The normalized spacial score (nSPS) is 45.8. The molecule has 2 fully saturated rings. The SMILES string of the molecule is CC(=O)[C@@]1(OC2(CO)O[C@H](CO)[C@@H](O)[C@@H]2O)O[C@H](CO)[C@](O)(C(C)=O)[C@@](O)(C(C)=O)[C@]1(O)C(C)=O. The number of aliphatic hydroxyl groups excluding tert-OH is 5. The van der Waals surface area contributed by atoms with Gasteiger partial charge in [0.05, 0.1) is 13.2 Å². The highest BCUT2D eigenvalue weighted by molar-refractivity contribution is 6.09. The summed E-state index contributed by atoms with van der Waals surface area (Å²) < 4.78 is 15.9. The van der Waals surface area contributed by atoms with Crippen molar-refractivity contribution in [3.8, 4) is 0 Å². The topological polar surface area (TPSA) is 258 Å². The van der Waals surface area contributed by atoms with Gasteiger partial charge in [-0.05, 0) is 20.8 Å². The molecule has 2 aliphatic heterocycles. The zero-order chi connectivity index (χ0) is 27.4. The van der Waals surface area contributed by atoms with Crippen LogP contribution in [0.1, 0.15) is 27.7 Å². The molecule has 9 atom stereocenters. The number of hydrogen-bond donors (Lipinski definition) is 8. The molecule has 15 nitrogen and oxygen atoms in total. The van der Waals surface area contributed by atoms with Gasteiger partial charge in [0.25, 0.3) is 5.79 Å². The fraction of sp³-hybridized carbons (Fsp3) is 0.800. The Kier molecular flexibility index (Phi) is 7.81. The molecule has 0 aromatic carbocycles. The summed E-state index contributed by atoms with van der Waals surface area (Å²) in [6, 6.07) is 0.